The number of nitrogens with one attached hydrogen (secondary N) is 3. The number of halogens is 2. The van der Waals surface area contributed by atoms with Gasteiger partial charge in [-0.3, -0.25) is 14.7 Å². The summed E-state index contributed by atoms with van der Waals surface area (Å²) in [6.45, 7) is 0. The number of aromatic amines is 1. The molecule has 0 spiro atoms. The van der Waals surface area contributed by atoms with E-state index in [9.17, 15) is 23.2 Å². The third-order valence-corrected chi connectivity index (χ3v) is 4.05. The molecule has 11 heteroatoms. The van der Waals surface area contributed by atoms with Gasteiger partial charge in [0.05, 0.1) is 29.7 Å². The molecule has 0 aliphatic rings. The fourth-order valence-electron chi connectivity index (χ4n) is 2.60. The van der Waals surface area contributed by atoms with Gasteiger partial charge in [-0.05, 0) is 24.3 Å². The van der Waals surface area contributed by atoms with Gasteiger partial charge >= 0.3 is 5.97 Å². The molecular weight excluding hydrogens is 400 g/mol. The molecule has 5 N–H and O–H groups in total. The second-order valence-electron chi connectivity index (χ2n) is 5.91. The summed E-state index contributed by atoms with van der Waals surface area (Å²) in [5, 5.41) is 10.8. The molecule has 1 heterocycles. The van der Waals surface area contributed by atoms with E-state index in [1.54, 1.807) is 0 Å². The lowest BCUT2D eigenvalue weighted by Gasteiger charge is -2.11. The van der Waals surface area contributed by atoms with Crippen molar-refractivity contribution in [1.29, 1.82) is 0 Å². The van der Waals surface area contributed by atoms with E-state index in [2.05, 4.69) is 25.6 Å². The first-order chi connectivity index (χ1) is 14.3. The normalized spacial score (nSPS) is 10.4. The summed E-state index contributed by atoms with van der Waals surface area (Å²) < 4.78 is 32.2. The number of esters is 1. The molecule has 30 heavy (non-hydrogen) atoms. The molecule has 3 rings (SSSR count). The molecule has 2 aromatic carbocycles. The zero-order valence-corrected chi connectivity index (χ0v) is 15.5. The average molecular weight is 415 g/mol. The third-order valence-electron chi connectivity index (χ3n) is 4.05. The van der Waals surface area contributed by atoms with Gasteiger partial charge in [-0.1, -0.05) is 12.1 Å². The molecule has 0 saturated carbocycles. The Morgan fingerprint density at radius 2 is 1.63 bits per heavy atom. The topological polar surface area (TPSA) is 139 Å². The summed E-state index contributed by atoms with van der Waals surface area (Å²) in [5.41, 5.74) is 4.80. The number of anilines is 3. The Morgan fingerprint density at radius 3 is 2.30 bits per heavy atom. The van der Waals surface area contributed by atoms with Crippen LogP contribution in [0.15, 0.2) is 42.6 Å². The Hall–Kier alpha value is -4.28. The van der Waals surface area contributed by atoms with E-state index >= 15 is 0 Å². The molecule has 0 radical (unpaired) electrons. The first kappa shape index (κ1) is 20.5. The van der Waals surface area contributed by atoms with Gasteiger partial charge in [0, 0.05) is 6.20 Å². The maximum Gasteiger partial charge on any atom is 0.340 e. The number of hydrogen-bond acceptors (Lipinski definition) is 6. The average Bonchev–Trinajstić information content (AvgIpc) is 3.17. The number of aromatic nitrogens is 2. The van der Waals surface area contributed by atoms with Crippen molar-refractivity contribution in [2.75, 3.05) is 23.5 Å². The van der Waals surface area contributed by atoms with Crippen LogP contribution in [-0.2, 0) is 4.74 Å². The molecule has 0 unspecified atom stereocenters. The molecule has 9 nitrogen and oxygen atoms in total. The van der Waals surface area contributed by atoms with Crippen molar-refractivity contribution in [3.05, 3.63) is 71.1 Å². The number of amides is 2. The second-order valence-corrected chi connectivity index (χ2v) is 5.91. The highest BCUT2D eigenvalue weighted by Crippen LogP contribution is 2.25. The summed E-state index contributed by atoms with van der Waals surface area (Å²) in [6.07, 6.45) is 1.17. The van der Waals surface area contributed by atoms with Crippen LogP contribution in [0.25, 0.3) is 0 Å². The molecule has 154 valence electrons. The highest BCUT2D eigenvalue weighted by Gasteiger charge is 2.22. The number of carbonyl (C=O) groups is 3. The first-order valence-electron chi connectivity index (χ1n) is 8.40. The van der Waals surface area contributed by atoms with Crippen LogP contribution in [0.1, 0.15) is 31.2 Å². The summed E-state index contributed by atoms with van der Waals surface area (Å²) in [7, 11) is 1.18. The Kier molecular flexibility index (Phi) is 5.72. The minimum atomic E-state index is -1.10. The fraction of sp³-hybridized carbons (Fsp3) is 0.0526. The lowest BCUT2D eigenvalue weighted by Crippen LogP contribution is -2.20. The van der Waals surface area contributed by atoms with Crippen LogP contribution < -0.4 is 16.4 Å². The van der Waals surface area contributed by atoms with E-state index in [0.29, 0.717) is 0 Å². The molecule has 0 atom stereocenters. The standard InChI is InChI=1S/C19H15F2N5O4/c1-30-19(29)9-4-2-7-12(15(9)22)24-18(28)16-13(8-23-26-16)25-17(27)14-10(20)5-3-6-11(14)21/h2-8H,22H2,1H3,(H,23,26)(H,24,28)(H,25,27). The van der Waals surface area contributed by atoms with Gasteiger partial charge in [0.15, 0.2) is 5.69 Å². The predicted octanol–water partition coefficient (Wildman–Crippen LogP) is 2.56. The summed E-state index contributed by atoms with van der Waals surface area (Å²) in [6, 6.07) is 7.31. The van der Waals surface area contributed by atoms with Crippen molar-refractivity contribution < 1.29 is 27.9 Å². The first-order valence-corrected chi connectivity index (χ1v) is 8.40. The molecular formula is C19H15F2N5O4. The number of hydrogen-bond donors (Lipinski definition) is 4. The molecule has 3 aromatic rings. The highest BCUT2D eigenvalue weighted by molar-refractivity contribution is 6.13. The van der Waals surface area contributed by atoms with Gasteiger partial charge in [-0.25, -0.2) is 13.6 Å². The Balaban J connectivity index is 1.83. The molecule has 0 saturated heterocycles. The Labute approximate surface area is 168 Å². The third kappa shape index (κ3) is 3.94. The van der Waals surface area contributed by atoms with Crippen molar-refractivity contribution in [2.45, 2.75) is 0 Å². The highest BCUT2D eigenvalue weighted by atomic mass is 19.1. The number of para-hydroxylation sites is 1. The number of benzene rings is 2. The number of nitrogens with two attached hydrogens (primary N) is 1. The van der Waals surface area contributed by atoms with Gasteiger partial charge < -0.3 is 21.1 Å². The van der Waals surface area contributed by atoms with E-state index in [1.807, 2.05) is 0 Å². The summed E-state index contributed by atoms with van der Waals surface area (Å²) in [5.74, 6) is -4.71. The fourth-order valence-corrected chi connectivity index (χ4v) is 2.60. The van der Waals surface area contributed by atoms with E-state index in [1.165, 1.54) is 31.5 Å². The van der Waals surface area contributed by atoms with E-state index in [-0.39, 0.29) is 28.3 Å². The van der Waals surface area contributed by atoms with Gasteiger partial charge in [0.25, 0.3) is 11.8 Å². The number of carbonyl (C=O) groups excluding carboxylic acids is 3. The molecule has 0 fully saturated rings. The van der Waals surface area contributed by atoms with E-state index in [0.717, 1.165) is 18.2 Å². The van der Waals surface area contributed by atoms with Crippen molar-refractivity contribution in [3.63, 3.8) is 0 Å². The molecule has 0 aliphatic carbocycles. The predicted molar refractivity (Wildman–Crippen MR) is 103 cm³/mol. The Morgan fingerprint density at radius 1 is 1.00 bits per heavy atom. The molecule has 0 aliphatic heterocycles. The maximum absolute atomic E-state index is 13.8. The Bertz CT molecular complexity index is 1130. The van der Waals surface area contributed by atoms with Crippen molar-refractivity contribution in [2.24, 2.45) is 0 Å². The van der Waals surface area contributed by atoms with Crippen LogP contribution in [-0.4, -0.2) is 35.1 Å². The van der Waals surface area contributed by atoms with Crippen LogP contribution in [0.3, 0.4) is 0 Å². The zero-order chi connectivity index (χ0) is 21.8. The van der Waals surface area contributed by atoms with Crippen LogP contribution in [0.2, 0.25) is 0 Å². The van der Waals surface area contributed by atoms with Gasteiger partial charge in [-0.15, -0.1) is 0 Å². The monoisotopic (exact) mass is 415 g/mol. The largest absolute Gasteiger partial charge is 0.465 e. The summed E-state index contributed by atoms with van der Waals surface area (Å²) >= 11 is 0. The maximum atomic E-state index is 13.8. The van der Waals surface area contributed by atoms with Gasteiger partial charge in [0.1, 0.15) is 17.2 Å². The number of ether oxygens (including phenoxy) is 1. The quantitative estimate of drug-likeness (QED) is 0.373. The molecule has 0 bridgehead atoms. The zero-order valence-electron chi connectivity index (χ0n) is 15.5. The van der Waals surface area contributed by atoms with Crippen molar-refractivity contribution in [3.8, 4) is 0 Å². The number of H-pyrrole nitrogens is 1. The van der Waals surface area contributed by atoms with E-state index < -0.39 is 35.0 Å². The minimum absolute atomic E-state index is 0.0350. The van der Waals surface area contributed by atoms with Crippen LogP contribution in [0.5, 0.6) is 0 Å². The lowest BCUT2D eigenvalue weighted by atomic mass is 10.1. The SMILES string of the molecule is COC(=O)c1cccc(NC(=O)c2n[nH]cc2NC(=O)c2c(F)cccc2F)c1N. The van der Waals surface area contributed by atoms with Crippen molar-refractivity contribution >= 4 is 34.8 Å². The van der Waals surface area contributed by atoms with Crippen LogP contribution >= 0.6 is 0 Å². The molecule has 1 aromatic heterocycles. The summed E-state index contributed by atoms with van der Waals surface area (Å²) in [4.78, 5) is 36.6. The van der Waals surface area contributed by atoms with Gasteiger partial charge in [0.2, 0.25) is 0 Å². The number of rotatable bonds is 5. The van der Waals surface area contributed by atoms with Crippen molar-refractivity contribution in [1.82, 2.24) is 10.2 Å². The minimum Gasteiger partial charge on any atom is -0.465 e. The number of methoxy groups -OCH3 is 1. The second kappa shape index (κ2) is 8.39. The number of nitrogen functional groups attached to an aromatic ring is 1. The molecule has 2 amide bonds. The van der Waals surface area contributed by atoms with Crippen LogP contribution in [0.4, 0.5) is 25.8 Å². The van der Waals surface area contributed by atoms with Crippen LogP contribution in [0, 0.1) is 11.6 Å². The number of nitrogens with zero attached hydrogens (tertiary/aromatic N) is 1. The van der Waals surface area contributed by atoms with E-state index in [4.69, 9.17) is 5.73 Å². The van der Waals surface area contributed by atoms with Gasteiger partial charge in [-0.2, -0.15) is 5.10 Å². The smallest absolute Gasteiger partial charge is 0.340 e. The lowest BCUT2D eigenvalue weighted by molar-refractivity contribution is 0.0601.